The summed E-state index contributed by atoms with van der Waals surface area (Å²) in [5.74, 6) is 0.667. The van der Waals surface area contributed by atoms with E-state index >= 15 is 0 Å². The maximum atomic E-state index is 9.21. The number of rotatable bonds is 3. The largest absolute Gasteiger partial charge is 0.363 e. The van der Waals surface area contributed by atoms with Gasteiger partial charge in [0.15, 0.2) is 0 Å². The Labute approximate surface area is 153 Å². The number of benzene rings is 2. The van der Waals surface area contributed by atoms with Crippen molar-refractivity contribution in [1.82, 2.24) is 9.97 Å². The van der Waals surface area contributed by atoms with Crippen molar-refractivity contribution in [2.24, 2.45) is 0 Å². The Balaban J connectivity index is 2.04. The van der Waals surface area contributed by atoms with Crippen LogP contribution in [0.3, 0.4) is 0 Å². The van der Waals surface area contributed by atoms with Crippen molar-refractivity contribution in [2.75, 3.05) is 5.32 Å². The van der Waals surface area contributed by atoms with Crippen LogP contribution in [0, 0.1) is 18.3 Å². The van der Waals surface area contributed by atoms with Gasteiger partial charge < -0.3 is 5.32 Å². The minimum atomic E-state index is -0.0357. The molecule has 0 fully saturated rings. The number of anilines is 1. The number of hydrogen-bond donors (Lipinski definition) is 1. The second kappa shape index (κ2) is 6.76. The van der Waals surface area contributed by atoms with Crippen LogP contribution in [-0.4, -0.2) is 9.97 Å². The topological polar surface area (TPSA) is 61.6 Å². The number of nitrogens with one attached hydrogen (secondary N) is 1. The summed E-state index contributed by atoms with van der Waals surface area (Å²) >= 11 is 9.53. The quantitative estimate of drug-likeness (QED) is 0.597. The van der Waals surface area contributed by atoms with Crippen molar-refractivity contribution in [3.8, 4) is 6.07 Å². The van der Waals surface area contributed by atoms with E-state index in [4.69, 9.17) is 11.6 Å². The fourth-order valence-electron chi connectivity index (χ4n) is 2.71. The summed E-state index contributed by atoms with van der Waals surface area (Å²) < 4.78 is 0.944. The van der Waals surface area contributed by atoms with Gasteiger partial charge in [-0.2, -0.15) is 5.26 Å². The fourth-order valence-corrected chi connectivity index (χ4v) is 3.25. The molecule has 2 aromatic carbocycles. The van der Waals surface area contributed by atoms with Gasteiger partial charge in [-0.15, -0.1) is 0 Å². The summed E-state index contributed by atoms with van der Waals surface area (Å²) in [5, 5.41) is 13.7. The molecule has 1 atom stereocenters. The van der Waals surface area contributed by atoms with E-state index < -0.39 is 0 Å². The van der Waals surface area contributed by atoms with E-state index in [2.05, 4.69) is 37.3 Å². The van der Waals surface area contributed by atoms with Gasteiger partial charge >= 0.3 is 0 Å². The van der Waals surface area contributed by atoms with Crippen LogP contribution in [0.4, 0.5) is 5.82 Å². The monoisotopic (exact) mass is 400 g/mol. The molecule has 0 aliphatic carbocycles. The molecule has 1 unspecified atom stereocenters. The van der Waals surface area contributed by atoms with E-state index in [9.17, 15) is 5.26 Å². The highest BCUT2D eigenvalue weighted by molar-refractivity contribution is 9.10. The van der Waals surface area contributed by atoms with Crippen molar-refractivity contribution in [1.29, 1.82) is 5.26 Å². The predicted octanol–water partition coefficient (Wildman–Crippen LogP) is 5.40. The Morgan fingerprint density at radius 1 is 1.25 bits per heavy atom. The number of nitrogens with zero attached hydrogens (tertiary/aromatic N) is 3. The molecule has 0 saturated carbocycles. The highest BCUT2D eigenvalue weighted by atomic mass is 79.9. The Morgan fingerprint density at radius 2 is 2.04 bits per heavy atom. The minimum Gasteiger partial charge on any atom is -0.363 e. The zero-order chi connectivity index (χ0) is 17.3. The van der Waals surface area contributed by atoms with Gasteiger partial charge in [-0.25, -0.2) is 9.97 Å². The normalized spacial score (nSPS) is 12.0. The van der Waals surface area contributed by atoms with Gasteiger partial charge in [0.1, 0.15) is 5.82 Å². The van der Waals surface area contributed by atoms with Crippen LogP contribution in [-0.2, 0) is 0 Å². The van der Waals surface area contributed by atoms with Gasteiger partial charge in [-0.05, 0) is 60.8 Å². The zero-order valence-electron chi connectivity index (χ0n) is 13.1. The first-order valence-corrected chi connectivity index (χ1v) is 8.55. The van der Waals surface area contributed by atoms with Crippen LogP contribution in [0.1, 0.15) is 29.7 Å². The third kappa shape index (κ3) is 3.21. The van der Waals surface area contributed by atoms with Gasteiger partial charge in [0.05, 0.1) is 23.2 Å². The number of halogens is 2. The summed E-state index contributed by atoms with van der Waals surface area (Å²) in [6.07, 6.45) is 0. The van der Waals surface area contributed by atoms with Crippen molar-refractivity contribution in [2.45, 2.75) is 19.9 Å². The summed E-state index contributed by atoms with van der Waals surface area (Å²) in [5.41, 5.74) is 3.46. The molecule has 1 N–H and O–H groups in total. The fraction of sp³-hybridized carbons (Fsp3) is 0.167. The van der Waals surface area contributed by atoms with Crippen molar-refractivity contribution in [3.63, 3.8) is 0 Å². The summed E-state index contributed by atoms with van der Waals surface area (Å²) in [4.78, 5) is 8.59. The third-order valence-corrected chi connectivity index (χ3v) is 4.61. The molecule has 3 rings (SSSR count). The molecular weight excluding hydrogens is 388 g/mol. The molecule has 24 heavy (non-hydrogen) atoms. The Hall–Kier alpha value is -2.16. The van der Waals surface area contributed by atoms with Crippen LogP contribution in [0.25, 0.3) is 10.9 Å². The number of nitriles is 1. The number of fused-ring (bicyclic) bond motifs is 1. The van der Waals surface area contributed by atoms with Gasteiger partial charge in [-0.1, -0.05) is 28.1 Å². The molecule has 120 valence electrons. The average Bonchev–Trinajstić information content (AvgIpc) is 2.55. The van der Waals surface area contributed by atoms with Crippen LogP contribution < -0.4 is 5.32 Å². The summed E-state index contributed by atoms with van der Waals surface area (Å²) in [6.45, 7) is 3.98. The summed E-state index contributed by atoms with van der Waals surface area (Å²) in [6, 6.07) is 13.7. The molecule has 3 aromatic rings. The lowest BCUT2D eigenvalue weighted by molar-refractivity contribution is 0.865. The molecule has 0 aliphatic heterocycles. The smallest absolute Gasteiger partial charge is 0.224 e. The van der Waals surface area contributed by atoms with E-state index in [1.165, 1.54) is 0 Å². The summed E-state index contributed by atoms with van der Waals surface area (Å²) in [7, 11) is 0. The van der Waals surface area contributed by atoms with Crippen molar-refractivity contribution in [3.05, 3.63) is 62.8 Å². The molecular formula is C18H14BrClN4. The Bertz CT molecular complexity index is 965. The Kier molecular flexibility index (Phi) is 4.70. The molecule has 1 heterocycles. The first-order valence-electron chi connectivity index (χ1n) is 7.38. The first kappa shape index (κ1) is 16.7. The van der Waals surface area contributed by atoms with Crippen LogP contribution in [0.2, 0.25) is 5.28 Å². The number of aromatic nitrogens is 2. The van der Waals surface area contributed by atoms with E-state index in [0.717, 1.165) is 26.5 Å². The third-order valence-electron chi connectivity index (χ3n) is 3.95. The van der Waals surface area contributed by atoms with Gasteiger partial charge in [0.2, 0.25) is 5.28 Å². The molecule has 0 saturated heterocycles. The average molecular weight is 402 g/mol. The van der Waals surface area contributed by atoms with E-state index in [1.807, 2.05) is 50.2 Å². The van der Waals surface area contributed by atoms with Crippen molar-refractivity contribution >= 4 is 44.3 Å². The lowest BCUT2D eigenvalue weighted by atomic mass is 9.98. The van der Waals surface area contributed by atoms with Gasteiger partial charge in [-0.3, -0.25) is 0 Å². The molecule has 0 aliphatic rings. The maximum Gasteiger partial charge on any atom is 0.224 e. The van der Waals surface area contributed by atoms with Crippen LogP contribution in [0.15, 0.2) is 40.9 Å². The maximum absolute atomic E-state index is 9.21. The molecule has 6 heteroatoms. The SMILES string of the molecule is Cc1c(C#N)cccc1C(C)Nc1nc(Cl)nc2ccc(Br)cc12. The second-order valence-corrected chi connectivity index (χ2v) is 6.75. The minimum absolute atomic E-state index is 0.0357. The standard InChI is InChI=1S/C18H14BrClN4/c1-10-12(9-21)4-3-5-14(10)11(2)22-17-15-8-13(19)6-7-16(15)23-18(20)24-17/h3-8,11H,1-2H3,(H,22,23,24). The van der Waals surface area contributed by atoms with E-state index in [-0.39, 0.29) is 11.3 Å². The lowest BCUT2D eigenvalue weighted by Gasteiger charge is -2.19. The van der Waals surface area contributed by atoms with E-state index in [0.29, 0.717) is 11.4 Å². The molecule has 0 bridgehead atoms. The Morgan fingerprint density at radius 3 is 2.79 bits per heavy atom. The predicted molar refractivity (Wildman–Crippen MR) is 100 cm³/mol. The highest BCUT2D eigenvalue weighted by Gasteiger charge is 2.14. The van der Waals surface area contributed by atoms with Gasteiger partial charge in [0.25, 0.3) is 0 Å². The zero-order valence-corrected chi connectivity index (χ0v) is 15.5. The van der Waals surface area contributed by atoms with Crippen LogP contribution in [0.5, 0.6) is 0 Å². The van der Waals surface area contributed by atoms with Gasteiger partial charge in [0, 0.05) is 9.86 Å². The highest BCUT2D eigenvalue weighted by Crippen LogP contribution is 2.29. The molecule has 0 radical (unpaired) electrons. The molecule has 4 nitrogen and oxygen atoms in total. The molecule has 0 amide bonds. The van der Waals surface area contributed by atoms with E-state index in [1.54, 1.807) is 0 Å². The number of hydrogen-bond acceptors (Lipinski definition) is 4. The lowest BCUT2D eigenvalue weighted by Crippen LogP contribution is -2.11. The molecule has 0 spiro atoms. The first-order chi connectivity index (χ1) is 11.5. The molecule has 1 aromatic heterocycles. The van der Waals surface area contributed by atoms with Crippen LogP contribution >= 0.6 is 27.5 Å². The second-order valence-electron chi connectivity index (χ2n) is 5.50. The van der Waals surface area contributed by atoms with Crippen molar-refractivity contribution < 1.29 is 0 Å².